The highest BCUT2D eigenvalue weighted by atomic mass is 16.2. The molecule has 0 aromatic heterocycles. The van der Waals surface area contributed by atoms with Crippen LogP contribution in [0.1, 0.15) is 6.92 Å². The zero-order chi connectivity index (χ0) is 20.1. The molecular weight excluding hydrogens is 358 g/mol. The standard InChI is InChI=1S/C25H27N3O/c1-20(27-16-18-28(19-17-27)22-12-6-3-7-13-22)25(29)26-24-15-9-8-14-23(24)21-10-4-2-5-11-21/h2-15,20H,16-19H2,1H3,(H,26,29)/t20-/m0/s1. The summed E-state index contributed by atoms with van der Waals surface area (Å²) in [5.74, 6) is 0.0431. The Hall–Kier alpha value is -3.11. The molecule has 4 heteroatoms. The van der Waals surface area contributed by atoms with Gasteiger partial charge in [-0.05, 0) is 30.7 Å². The number of carbonyl (C=O) groups excluding carboxylic acids is 1. The van der Waals surface area contributed by atoms with Crippen molar-refractivity contribution in [2.75, 3.05) is 36.4 Å². The first-order valence-electron chi connectivity index (χ1n) is 10.2. The van der Waals surface area contributed by atoms with Crippen molar-refractivity contribution in [3.8, 4) is 11.1 Å². The summed E-state index contributed by atoms with van der Waals surface area (Å²) in [5, 5.41) is 3.15. The zero-order valence-electron chi connectivity index (χ0n) is 16.8. The van der Waals surface area contributed by atoms with Gasteiger partial charge in [-0.3, -0.25) is 9.69 Å². The van der Waals surface area contributed by atoms with Gasteiger partial charge in [-0.1, -0.05) is 66.7 Å². The second-order valence-corrected chi connectivity index (χ2v) is 7.44. The van der Waals surface area contributed by atoms with Gasteiger partial charge in [0.25, 0.3) is 0 Å². The predicted octanol–water partition coefficient (Wildman–Crippen LogP) is 4.50. The molecule has 1 N–H and O–H groups in total. The van der Waals surface area contributed by atoms with Gasteiger partial charge in [0.05, 0.1) is 6.04 Å². The normalized spacial score (nSPS) is 15.7. The summed E-state index contributed by atoms with van der Waals surface area (Å²) in [4.78, 5) is 17.6. The number of hydrogen-bond donors (Lipinski definition) is 1. The first kappa shape index (κ1) is 19.2. The third-order valence-corrected chi connectivity index (χ3v) is 5.63. The van der Waals surface area contributed by atoms with Crippen LogP contribution in [0, 0.1) is 0 Å². The molecule has 1 amide bonds. The molecule has 148 valence electrons. The molecule has 29 heavy (non-hydrogen) atoms. The lowest BCUT2D eigenvalue weighted by Gasteiger charge is -2.38. The van der Waals surface area contributed by atoms with Crippen molar-refractivity contribution in [1.29, 1.82) is 0 Å². The predicted molar refractivity (Wildman–Crippen MR) is 120 cm³/mol. The number of para-hydroxylation sites is 2. The van der Waals surface area contributed by atoms with Gasteiger partial charge in [0.2, 0.25) is 5.91 Å². The van der Waals surface area contributed by atoms with Gasteiger partial charge >= 0.3 is 0 Å². The molecule has 0 bridgehead atoms. The van der Waals surface area contributed by atoms with E-state index >= 15 is 0 Å². The highest BCUT2D eigenvalue weighted by molar-refractivity contribution is 5.98. The molecule has 0 saturated carbocycles. The largest absolute Gasteiger partial charge is 0.369 e. The van der Waals surface area contributed by atoms with Crippen molar-refractivity contribution in [1.82, 2.24) is 4.90 Å². The summed E-state index contributed by atoms with van der Waals surface area (Å²) in [6, 6.07) is 28.5. The van der Waals surface area contributed by atoms with E-state index in [-0.39, 0.29) is 11.9 Å². The second kappa shape index (κ2) is 8.93. The van der Waals surface area contributed by atoms with Crippen LogP contribution in [0.3, 0.4) is 0 Å². The molecule has 1 heterocycles. The van der Waals surface area contributed by atoms with Crippen LogP contribution in [-0.2, 0) is 4.79 Å². The van der Waals surface area contributed by atoms with E-state index in [1.165, 1.54) is 5.69 Å². The van der Waals surface area contributed by atoms with Crippen molar-refractivity contribution in [2.45, 2.75) is 13.0 Å². The molecular formula is C25H27N3O. The van der Waals surface area contributed by atoms with Crippen LogP contribution in [0.4, 0.5) is 11.4 Å². The van der Waals surface area contributed by atoms with E-state index in [2.05, 4.69) is 51.5 Å². The number of nitrogens with zero attached hydrogens (tertiary/aromatic N) is 2. The molecule has 4 nitrogen and oxygen atoms in total. The van der Waals surface area contributed by atoms with E-state index < -0.39 is 0 Å². The Morgan fingerprint density at radius 1 is 0.793 bits per heavy atom. The molecule has 0 unspecified atom stereocenters. The summed E-state index contributed by atoms with van der Waals surface area (Å²) in [7, 11) is 0. The maximum Gasteiger partial charge on any atom is 0.241 e. The van der Waals surface area contributed by atoms with E-state index in [9.17, 15) is 4.79 Å². The lowest BCUT2D eigenvalue weighted by molar-refractivity contribution is -0.120. The monoisotopic (exact) mass is 385 g/mol. The number of hydrogen-bond acceptors (Lipinski definition) is 3. The van der Waals surface area contributed by atoms with E-state index in [1.807, 2.05) is 55.5 Å². The maximum absolute atomic E-state index is 13.0. The zero-order valence-corrected chi connectivity index (χ0v) is 16.8. The summed E-state index contributed by atoms with van der Waals surface area (Å²) in [6.07, 6.45) is 0. The fourth-order valence-corrected chi connectivity index (χ4v) is 3.87. The first-order chi connectivity index (χ1) is 14.2. The minimum Gasteiger partial charge on any atom is -0.369 e. The Bertz CT molecular complexity index is 935. The van der Waals surface area contributed by atoms with E-state index in [1.54, 1.807) is 0 Å². The van der Waals surface area contributed by atoms with Crippen molar-refractivity contribution in [2.24, 2.45) is 0 Å². The summed E-state index contributed by atoms with van der Waals surface area (Å²) < 4.78 is 0. The van der Waals surface area contributed by atoms with E-state index in [4.69, 9.17) is 0 Å². The topological polar surface area (TPSA) is 35.6 Å². The number of amides is 1. The van der Waals surface area contributed by atoms with Gasteiger partial charge in [-0.15, -0.1) is 0 Å². The van der Waals surface area contributed by atoms with Crippen molar-refractivity contribution in [3.05, 3.63) is 84.9 Å². The number of nitrogens with one attached hydrogen (secondary N) is 1. The smallest absolute Gasteiger partial charge is 0.241 e. The van der Waals surface area contributed by atoms with Gasteiger partial charge in [0.15, 0.2) is 0 Å². The van der Waals surface area contributed by atoms with Gasteiger partial charge in [0.1, 0.15) is 0 Å². The van der Waals surface area contributed by atoms with Crippen LogP contribution in [0.25, 0.3) is 11.1 Å². The minimum absolute atomic E-state index is 0.0431. The molecule has 0 spiro atoms. The Labute approximate surface area is 172 Å². The van der Waals surface area contributed by atoms with Crippen LogP contribution in [0.15, 0.2) is 84.9 Å². The average molecular weight is 386 g/mol. The highest BCUT2D eigenvalue weighted by Crippen LogP contribution is 2.28. The minimum atomic E-state index is -0.170. The highest BCUT2D eigenvalue weighted by Gasteiger charge is 2.26. The van der Waals surface area contributed by atoms with Gasteiger partial charge < -0.3 is 10.2 Å². The molecule has 4 rings (SSSR count). The molecule has 3 aromatic carbocycles. The Balaban J connectivity index is 1.40. The van der Waals surface area contributed by atoms with Gasteiger partial charge in [-0.2, -0.15) is 0 Å². The molecule has 1 fully saturated rings. The maximum atomic E-state index is 13.0. The fraction of sp³-hybridized carbons (Fsp3) is 0.240. The number of anilines is 2. The van der Waals surface area contributed by atoms with Crippen LogP contribution >= 0.6 is 0 Å². The molecule has 1 aliphatic rings. The second-order valence-electron chi connectivity index (χ2n) is 7.44. The fourth-order valence-electron chi connectivity index (χ4n) is 3.87. The first-order valence-corrected chi connectivity index (χ1v) is 10.2. The Kier molecular flexibility index (Phi) is 5.92. The lowest BCUT2D eigenvalue weighted by Crippen LogP contribution is -2.52. The van der Waals surface area contributed by atoms with Gasteiger partial charge in [-0.25, -0.2) is 0 Å². The SMILES string of the molecule is C[C@@H](C(=O)Nc1ccccc1-c1ccccc1)N1CCN(c2ccccc2)CC1. The lowest BCUT2D eigenvalue weighted by atomic mass is 10.0. The third kappa shape index (κ3) is 4.49. The van der Waals surface area contributed by atoms with Crippen LogP contribution < -0.4 is 10.2 Å². The number of benzene rings is 3. The molecule has 0 aliphatic carbocycles. The molecule has 0 radical (unpaired) electrons. The van der Waals surface area contributed by atoms with Crippen molar-refractivity contribution >= 4 is 17.3 Å². The quantitative estimate of drug-likeness (QED) is 0.702. The molecule has 1 atom stereocenters. The average Bonchev–Trinajstić information content (AvgIpc) is 2.80. The summed E-state index contributed by atoms with van der Waals surface area (Å²) in [5.41, 5.74) is 4.26. The molecule has 3 aromatic rings. The van der Waals surface area contributed by atoms with Gasteiger partial charge in [0, 0.05) is 43.1 Å². The van der Waals surface area contributed by atoms with E-state index in [0.717, 1.165) is 43.0 Å². The van der Waals surface area contributed by atoms with Crippen molar-refractivity contribution < 1.29 is 4.79 Å². The van der Waals surface area contributed by atoms with Crippen LogP contribution in [0.2, 0.25) is 0 Å². The summed E-state index contributed by atoms with van der Waals surface area (Å²) in [6.45, 7) is 5.62. The molecule has 1 aliphatic heterocycles. The number of rotatable bonds is 5. The number of carbonyl (C=O) groups is 1. The third-order valence-electron chi connectivity index (χ3n) is 5.63. The van der Waals surface area contributed by atoms with Crippen LogP contribution in [0.5, 0.6) is 0 Å². The number of piperazine rings is 1. The summed E-state index contributed by atoms with van der Waals surface area (Å²) >= 11 is 0. The van der Waals surface area contributed by atoms with Crippen LogP contribution in [-0.4, -0.2) is 43.0 Å². The van der Waals surface area contributed by atoms with Crippen molar-refractivity contribution in [3.63, 3.8) is 0 Å². The van der Waals surface area contributed by atoms with E-state index in [0.29, 0.717) is 0 Å². The molecule has 1 saturated heterocycles. The Morgan fingerprint density at radius 3 is 2.07 bits per heavy atom. The Morgan fingerprint density at radius 2 is 1.38 bits per heavy atom.